The molecular formula is C27H21Cl2F5N4O3. The third kappa shape index (κ3) is 6.95. The van der Waals surface area contributed by atoms with Gasteiger partial charge in [0.2, 0.25) is 17.6 Å². The van der Waals surface area contributed by atoms with E-state index in [0.29, 0.717) is 27.3 Å². The summed E-state index contributed by atoms with van der Waals surface area (Å²) in [4.78, 5) is 16.5. The Hall–Kier alpha value is -3.74. The first-order chi connectivity index (χ1) is 19.6. The van der Waals surface area contributed by atoms with Crippen molar-refractivity contribution in [3.8, 4) is 22.8 Å². The number of ether oxygens (including phenoxy) is 1. The molecule has 0 bridgehead atoms. The van der Waals surface area contributed by atoms with Crippen LogP contribution >= 0.6 is 23.2 Å². The first-order valence-corrected chi connectivity index (χ1v) is 12.9. The molecule has 0 saturated carbocycles. The molecule has 0 aliphatic heterocycles. The lowest BCUT2D eigenvalue weighted by Crippen LogP contribution is -2.39. The Kier molecular flexibility index (Phi) is 9.79. The van der Waals surface area contributed by atoms with E-state index in [2.05, 4.69) is 15.4 Å². The summed E-state index contributed by atoms with van der Waals surface area (Å²) in [6, 6.07) is 8.83. The Morgan fingerprint density at radius 3 is 2.34 bits per heavy atom. The quantitative estimate of drug-likeness (QED) is 0.0962. The third-order valence-corrected chi connectivity index (χ3v) is 6.66. The molecule has 0 spiro atoms. The Morgan fingerprint density at radius 2 is 1.71 bits per heavy atom. The zero-order valence-electron chi connectivity index (χ0n) is 21.0. The molecule has 0 aliphatic rings. The van der Waals surface area contributed by atoms with Gasteiger partial charge in [-0.3, -0.25) is 9.78 Å². The van der Waals surface area contributed by atoms with Crippen LogP contribution in [0.15, 0.2) is 48.8 Å². The molecule has 41 heavy (non-hydrogen) atoms. The van der Waals surface area contributed by atoms with Gasteiger partial charge < -0.3 is 15.2 Å². The maximum absolute atomic E-state index is 14.0. The second kappa shape index (κ2) is 13.3. The zero-order chi connectivity index (χ0) is 29.7. The van der Waals surface area contributed by atoms with E-state index in [0.717, 1.165) is 5.56 Å². The molecule has 0 saturated heterocycles. The number of halogens is 7. The molecule has 0 unspecified atom stereocenters. The van der Waals surface area contributed by atoms with Crippen molar-refractivity contribution in [3.05, 3.63) is 93.5 Å². The maximum Gasteiger partial charge on any atom is 0.220 e. The number of hydrogen-bond donors (Lipinski definition) is 2. The molecule has 2 aromatic heterocycles. The van der Waals surface area contributed by atoms with Gasteiger partial charge in [0, 0.05) is 42.4 Å². The summed E-state index contributed by atoms with van der Waals surface area (Å²) in [5.74, 6) is -10.9. The number of benzene rings is 2. The van der Waals surface area contributed by atoms with Crippen molar-refractivity contribution in [2.75, 3.05) is 13.2 Å². The highest BCUT2D eigenvalue weighted by atomic mass is 35.5. The summed E-state index contributed by atoms with van der Waals surface area (Å²) in [5, 5.41) is 17.1. The molecule has 4 rings (SSSR count). The maximum atomic E-state index is 14.0. The highest BCUT2D eigenvalue weighted by Crippen LogP contribution is 2.30. The van der Waals surface area contributed by atoms with Crippen molar-refractivity contribution in [2.24, 2.45) is 0 Å². The smallest absolute Gasteiger partial charge is 0.220 e. The number of aliphatic hydroxyl groups excluding tert-OH is 1. The molecule has 2 heterocycles. The van der Waals surface area contributed by atoms with Gasteiger partial charge in [-0.25, -0.2) is 26.6 Å². The Balaban J connectivity index is 1.40. The van der Waals surface area contributed by atoms with E-state index in [4.69, 9.17) is 27.9 Å². The fraction of sp³-hybridized carbons (Fsp3) is 0.222. The van der Waals surface area contributed by atoms with Gasteiger partial charge in [-0.2, -0.15) is 5.10 Å². The largest absolute Gasteiger partial charge is 0.478 e. The van der Waals surface area contributed by atoms with Crippen molar-refractivity contribution in [2.45, 2.75) is 25.3 Å². The van der Waals surface area contributed by atoms with Crippen LogP contribution in [0, 0.1) is 29.1 Å². The highest BCUT2D eigenvalue weighted by Gasteiger charge is 2.27. The number of carbonyl (C=O) groups excluding carboxylic acids is 1. The molecule has 0 aliphatic carbocycles. The van der Waals surface area contributed by atoms with Crippen LogP contribution in [0.1, 0.15) is 18.4 Å². The summed E-state index contributed by atoms with van der Waals surface area (Å²) < 4.78 is 75.6. The van der Waals surface area contributed by atoms with E-state index < -0.39 is 59.6 Å². The normalized spacial score (nSPS) is 11.9. The Labute approximate surface area is 240 Å². The van der Waals surface area contributed by atoms with Crippen molar-refractivity contribution in [1.82, 2.24) is 20.1 Å². The van der Waals surface area contributed by atoms with E-state index in [1.165, 1.54) is 4.68 Å². The van der Waals surface area contributed by atoms with Gasteiger partial charge in [0.25, 0.3) is 0 Å². The van der Waals surface area contributed by atoms with Crippen molar-refractivity contribution in [1.29, 1.82) is 0 Å². The van der Waals surface area contributed by atoms with Gasteiger partial charge in [0.05, 0.1) is 40.7 Å². The summed E-state index contributed by atoms with van der Waals surface area (Å²) >= 11 is 12.2. The van der Waals surface area contributed by atoms with Crippen molar-refractivity contribution >= 4 is 29.1 Å². The van der Waals surface area contributed by atoms with E-state index in [-0.39, 0.29) is 19.4 Å². The van der Waals surface area contributed by atoms with Gasteiger partial charge in [0.15, 0.2) is 23.3 Å². The van der Waals surface area contributed by atoms with Crippen molar-refractivity contribution < 1.29 is 36.6 Å². The highest BCUT2D eigenvalue weighted by molar-refractivity contribution is 6.42. The zero-order valence-corrected chi connectivity index (χ0v) is 22.5. The molecule has 1 amide bonds. The SMILES string of the molecule is O=C(CCCOc1cc(-c2cccnc2)nn1-c1ccc(Cl)c(Cl)c1)N[C@H](CO)Cc1c(F)c(F)c(F)c(F)c1F. The van der Waals surface area contributed by atoms with Crippen LogP contribution < -0.4 is 10.1 Å². The fourth-order valence-corrected chi connectivity index (χ4v) is 4.16. The number of amides is 1. The Morgan fingerprint density at radius 1 is 1.00 bits per heavy atom. The van der Waals surface area contributed by atoms with E-state index >= 15 is 0 Å². The first kappa shape index (κ1) is 30.2. The molecule has 2 aromatic carbocycles. The number of rotatable bonds is 11. The standard InChI is InChI=1S/C27H21Cl2F5N4O3/c28-18-6-5-16(10-19(18)29)38-22(11-20(37-38)14-3-1-7-35-12-14)41-8-2-4-21(40)36-15(13-39)9-17-23(30)25(32)27(34)26(33)24(17)31/h1,3,5-7,10-12,15,39H,2,4,8-9,13H2,(H,36,40)/t15-/m0/s1. The van der Waals surface area contributed by atoms with Crippen LogP contribution in [0.25, 0.3) is 16.9 Å². The third-order valence-electron chi connectivity index (χ3n) is 5.92. The monoisotopic (exact) mass is 614 g/mol. The van der Waals surface area contributed by atoms with Crippen LogP contribution in [0.3, 0.4) is 0 Å². The molecule has 1 atom stereocenters. The van der Waals surface area contributed by atoms with Gasteiger partial charge in [-0.05, 0) is 36.8 Å². The summed E-state index contributed by atoms with van der Waals surface area (Å²) in [6.45, 7) is -0.768. The number of nitrogens with zero attached hydrogens (tertiary/aromatic N) is 3. The average Bonchev–Trinajstić information content (AvgIpc) is 3.41. The molecule has 7 nitrogen and oxygen atoms in total. The lowest BCUT2D eigenvalue weighted by Gasteiger charge is -2.18. The predicted octanol–water partition coefficient (Wildman–Crippen LogP) is 5.82. The minimum atomic E-state index is -2.29. The van der Waals surface area contributed by atoms with E-state index in [1.807, 2.05) is 6.07 Å². The lowest BCUT2D eigenvalue weighted by atomic mass is 10.0. The lowest BCUT2D eigenvalue weighted by molar-refractivity contribution is -0.122. The van der Waals surface area contributed by atoms with Crippen LogP contribution in [0.5, 0.6) is 5.88 Å². The van der Waals surface area contributed by atoms with Crippen LogP contribution in [0.4, 0.5) is 22.0 Å². The fourth-order valence-electron chi connectivity index (χ4n) is 3.87. The summed E-state index contributed by atoms with van der Waals surface area (Å²) in [7, 11) is 0. The minimum absolute atomic E-state index is 0.0361. The van der Waals surface area contributed by atoms with E-state index in [1.54, 1.807) is 42.7 Å². The number of hydrogen-bond acceptors (Lipinski definition) is 5. The Bertz CT molecular complexity index is 1530. The number of aliphatic hydroxyl groups is 1. The minimum Gasteiger partial charge on any atom is -0.478 e. The summed E-state index contributed by atoms with van der Waals surface area (Å²) in [5.41, 5.74) is 0.695. The molecule has 0 fully saturated rings. The molecule has 216 valence electrons. The molecule has 2 N–H and O–H groups in total. The molecule has 0 radical (unpaired) electrons. The van der Waals surface area contributed by atoms with Gasteiger partial charge in [0.1, 0.15) is 0 Å². The van der Waals surface area contributed by atoms with Gasteiger partial charge in [-0.15, -0.1) is 0 Å². The van der Waals surface area contributed by atoms with Gasteiger partial charge in [-0.1, -0.05) is 23.2 Å². The van der Waals surface area contributed by atoms with Gasteiger partial charge >= 0.3 is 0 Å². The number of carbonyl (C=O) groups is 1. The molecular weight excluding hydrogens is 594 g/mol. The number of pyridine rings is 1. The molecule has 14 heteroatoms. The topological polar surface area (TPSA) is 89.3 Å². The molecule has 4 aromatic rings. The van der Waals surface area contributed by atoms with Crippen LogP contribution in [0.2, 0.25) is 10.0 Å². The second-order valence-electron chi connectivity index (χ2n) is 8.77. The number of nitrogens with one attached hydrogen (secondary N) is 1. The van der Waals surface area contributed by atoms with E-state index in [9.17, 15) is 31.9 Å². The van der Waals surface area contributed by atoms with Crippen LogP contribution in [-0.2, 0) is 11.2 Å². The second-order valence-corrected chi connectivity index (χ2v) is 9.59. The average molecular weight is 615 g/mol. The van der Waals surface area contributed by atoms with Crippen molar-refractivity contribution in [3.63, 3.8) is 0 Å². The predicted molar refractivity (Wildman–Crippen MR) is 140 cm³/mol. The van der Waals surface area contributed by atoms with Crippen LogP contribution in [-0.4, -0.2) is 45.0 Å². The number of aromatic nitrogens is 3. The first-order valence-electron chi connectivity index (χ1n) is 12.1. The summed E-state index contributed by atoms with van der Waals surface area (Å²) in [6.07, 6.45) is 2.46.